The monoisotopic (exact) mass is 625 g/mol. The number of hydrogen-bond donors (Lipinski definition) is 2. The van der Waals surface area contributed by atoms with Crippen LogP contribution in [0.3, 0.4) is 0 Å². The molecule has 0 saturated carbocycles. The first-order valence-corrected chi connectivity index (χ1v) is 17.3. The average molecular weight is 626 g/mol. The van der Waals surface area contributed by atoms with Gasteiger partial charge in [0.15, 0.2) is 0 Å². The summed E-state index contributed by atoms with van der Waals surface area (Å²) in [4.78, 5) is 55.0. The summed E-state index contributed by atoms with van der Waals surface area (Å²) in [6, 6.07) is 5.15. The smallest absolute Gasteiger partial charge is 0.410 e. The first-order valence-electron chi connectivity index (χ1n) is 17.3. The minimum Gasteiger partial charge on any atom is -0.444 e. The summed E-state index contributed by atoms with van der Waals surface area (Å²) in [5, 5.41) is 5.89. The third-order valence-electron chi connectivity index (χ3n) is 9.07. The zero-order valence-electron chi connectivity index (χ0n) is 27.8. The number of nitrogens with zero attached hydrogens (tertiary/aromatic N) is 3. The summed E-state index contributed by atoms with van der Waals surface area (Å²) < 4.78 is 5.49. The van der Waals surface area contributed by atoms with Gasteiger partial charge in [0, 0.05) is 62.5 Å². The van der Waals surface area contributed by atoms with Crippen LogP contribution >= 0.6 is 0 Å². The molecule has 0 aliphatic carbocycles. The number of anilines is 1. The molecule has 3 aliphatic heterocycles. The number of imide groups is 1. The fraction of sp³-hybridized carbons (Fsp3) is 0.714. The molecular weight excluding hydrogens is 570 g/mol. The van der Waals surface area contributed by atoms with Gasteiger partial charge in [-0.15, -0.1) is 0 Å². The molecule has 0 bridgehead atoms. The molecule has 0 radical (unpaired) electrons. The molecule has 45 heavy (non-hydrogen) atoms. The van der Waals surface area contributed by atoms with Gasteiger partial charge < -0.3 is 19.9 Å². The van der Waals surface area contributed by atoms with E-state index in [4.69, 9.17) is 4.74 Å². The quantitative estimate of drug-likeness (QED) is 0.179. The van der Waals surface area contributed by atoms with Crippen LogP contribution in [0.4, 0.5) is 10.5 Å². The molecule has 10 heteroatoms. The Balaban J connectivity index is 0.969. The Bertz CT molecular complexity index is 1160. The van der Waals surface area contributed by atoms with Gasteiger partial charge in [0.1, 0.15) is 11.6 Å². The lowest BCUT2D eigenvalue weighted by molar-refractivity contribution is -0.136. The van der Waals surface area contributed by atoms with Crippen LogP contribution in [-0.4, -0.2) is 89.4 Å². The van der Waals surface area contributed by atoms with Crippen LogP contribution in [0.25, 0.3) is 0 Å². The average Bonchev–Trinajstić information content (AvgIpc) is 3.33. The number of rotatable bonds is 16. The van der Waals surface area contributed by atoms with Crippen molar-refractivity contribution in [2.45, 2.75) is 122 Å². The molecule has 10 nitrogen and oxygen atoms in total. The van der Waals surface area contributed by atoms with Crippen LogP contribution in [-0.2, 0) is 20.9 Å². The summed E-state index contributed by atoms with van der Waals surface area (Å²) in [5.74, 6) is -0.771. The Morgan fingerprint density at radius 3 is 2.13 bits per heavy atom. The maximum atomic E-state index is 13.0. The lowest BCUT2D eigenvalue weighted by Crippen LogP contribution is -2.52. The fourth-order valence-electron chi connectivity index (χ4n) is 6.51. The van der Waals surface area contributed by atoms with Crippen molar-refractivity contribution in [1.82, 2.24) is 20.0 Å². The van der Waals surface area contributed by atoms with Crippen molar-refractivity contribution in [3.63, 3.8) is 0 Å². The van der Waals surface area contributed by atoms with E-state index in [1.54, 1.807) is 4.90 Å². The molecule has 2 saturated heterocycles. The molecule has 4 amide bonds. The number of nitrogens with one attached hydrogen (secondary N) is 2. The van der Waals surface area contributed by atoms with E-state index < -0.39 is 11.6 Å². The topological polar surface area (TPSA) is 111 Å². The van der Waals surface area contributed by atoms with Gasteiger partial charge in [0.25, 0.3) is 5.91 Å². The zero-order chi connectivity index (χ0) is 32.2. The summed E-state index contributed by atoms with van der Waals surface area (Å²) >= 11 is 0. The molecule has 3 heterocycles. The van der Waals surface area contributed by atoms with Crippen LogP contribution in [0.5, 0.6) is 0 Å². The number of unbranched alkanes of at least 4 members (excludes halogenated alkanes) is 10. The molecule has 250 valence electrons. The van der Waals surface area contributed by atoms with E-state index in [9.17, 15) is 19.2 Å². The Morgan fingerprint density at radius 1 is 0.889 bits per heavy atom. The van der Waals surface area contributed by atoms with Crippen LogP contribution in [0.1, 0.15) is 120 Å². The van der Waals surface area contributed by atoms with Crippen molar-refractivity contribution in [1.29, 1.82) is 0 Å². The molecule has 2 fully saturated rings. The van der Waals surface area contributed by atoms with Crippen molar-refractivity contribution < 1.29 is 23.9 Å². The van der Waals surface area contributed by atoms with Crippen molar-refractivity contribution in [3.05, 3.63) is 29.3 Å². The SMILES string of the molecule is CC(C)(C)OC(=O)N1CCN(CCCCCCCCCCCCCNc2cccc3c2CN(C2CCC(=O)NC2=O)C3=O)CC1. The minimum absolute atomic E-state index is 0.129. The molecule has 1 aromatic rings. The first-order chi connectivity index (χ1) is 21.6. The molecule has 0 spiro atoms. The summed E-state index contributed by atoms with van der Waals surface area (Å²) in [6.07, 6.45) is 14.4. The normalized spacial score (nSPS) is 19.1. The molecule has 1 atom stereocenters. The summed E-state index contributed by atoms with van der Waals surface area (Å²) in [6.45, 7) is 11.5. The van der Waals surface area contributed by atoms with Gasteiger partial charge in [-0.05, 0) is 58.7 Å². The minimum atomic E-state index is -0.582. The second kappa shape index (κ2) is 17.0. The number of carbonyl (C=O) groups excluding carboxylic acids is 4. The lowest BCUT2D eigenvalue weighted by atomic mass is 10.0. The second-order valence-electron chi connectivity index (χ2n) is 13.9. The van der Waals surface area contributed by atoms with Crippen LogP contribution in [0, 0.1) is 0 Å². The van der Waals surface area contributed by atoms with E-state index >= 15 is 0 Å². The van der Waals surface area contributed by atoms with Gasteiger partial charge in [-0.1, -0.05) is 63.9 Å². The third kappa shape index (κ3) is 10.7. The highest BCUT2D eigenvalue weighted by atomic mass is 16.6. The van der Waals surface area contributed by atoms with E-state index in [1.807, 2.05) is 43.9 Å². The van der Waals surface area contributed by atoms with Crippen molar-refractivity contribution in [2.75, 3.05) is 44.6 Å². The Hall–Kier alpha value is -3.14. The summed E-state index contributed by atoms with van der Waals surface area (Å²) in [5.41, 5.74) is 2.14. The number of amides is 4. The highest BCUT2D eigenvalue weighted by Gasteiger charge is 2.39. The molecule has 1 aromatic carbocycles. The molecule has 0 aromatic heterocycles. The van der Waals surface area contributed by atoms with Gasteiger partial charge in [0.2, 0.25) is 11.8 Å². The van der Waals surface area contributed by atoms with Gasteiger partial charge in [-0.25, -0.2) is 4.79 Å². The van der Waals surface area contributed by atoms with Gasteiger partial charge in [-0.2, -0.15) is 0 Å². The van der Waals surface area contributed by atoms with Crippen LogP contribution < -0.4 is 10.6 Å². The number of piperidine rings is 1. The first kappa shape index (κ1) is 34.7. The second-order valence-corrected chi connectivity index (χ2v) is 13.9. The molecule has 4 rings (SSSR count). The number of piperazine rings is 1. The molecule has 2 N–H and O–H groups in total. The molecule has 3 aliphatic rings. The fourth-order valence-corrected chi connectivity index (χ4v) is 6.51. The van der Waals surface area contributed by atoms with E-state index in [1.165, 1.54) is 64.2 Å². The van der Waals surface area contributed by atoms with Crippen LogP contribution in [0.2, 0.25) is 0 Å². The van der Waals surface area contributed by atoms with Crippen molar-refractivity contribution >= 4 is 29.5 Å². The van der Waals surface area contributed by atoms with E-state index in [-0.39, 0.29) is 30.2 Å². The largest absolute Gasteiger partial charge is 0.444 e. The predicted octanol–water partition coefficient (Wildman–Crippen LogP) is 5.70. The van der Waals surface area contributed by atoms with Gasteiger partial charge in [0.05, 0.1) is 0 Å². The zero-order valence-corrected chi connectivity index (χ0v) is 27.8. The third-order valence-corrected chi connectivity index (χ3v) is 9.07. The van der Waals surface area contributed by atoms with E-state index in [0.717, 1.165) is 56.9 Å². The Labute approximate surface area is 269 Å². The Morgan fingerprint density at radius 2 is 1.51 bits per heavy atom. The summed E-state index contributed by atoms with van der Waals surface area (Å²) in [7, 11) is 0. The molecule has 1 unspecified atom stereocenters. The maximum Gasteiger partial charge on any atom is 0.410 e. The highest BCUT2D eigenvalue weighted by molar-refractivity contribution is 6.06. The number of hydrogen-bond acceptors (Lipinski definition) is 7. The van der Waals surface area contributed by atoms with Crippen LogP contribution in [0.15, 0.2) is 18.2 Å². The van der Waals surface area contributed by atoms with Gasteiger partial charge in [-0.3, -0.25) is 24.6 Å². The lowest BCUT2D eigenvalue weighted by Gasteiger charge is -2.35. The highest BCUT2D eigenvalue weighted by Crippen LogP contribution is 2.32. The molecular formula is C35H55N5O5. The van der Waals surface area contributed by atoms with Crippen molar-refractivity contribution in [3.8, 4) is 0 Å². The maximum absolute atomic E-state index is 13.0. The number of carbonyl (C=O) groups is 4. The number of fused-ring (bicyclic) bond motifs is 1. The van der Waals surface area contributed by atoms with Gasteiger partial charge >= 0.3 is 6.09 Å². The van der Waals surface area contributed by atoms with Crippen molar-refractivity contribution in [2.24, 2.45) is 0 Å². The Kier molecular flexibility index (Phi) is 13.1. The predicted molar refractivity (Wildman–Crippen MR) is 176 cm³/mol. The van der Waals surface area contributed by atoms with E-state index in [2.05, 4.69) is 15.5 Å². The van der Waals surface area contributed by atoms with E-state index in [0.29, 0.717) is 18.5 Å². The standard InChI is InChI=1S/C35H55N5O5/c1-35(2,3)45-34(44)39-24-22-38(23-25-39)21-14-12-10-8-6-4-5-7-9-11-13-20-36-29-17-15-16-27-28(29)26-40(33(27)43)30-18-19-31(41)37-32(30)42/h15-17,30,36H,4-14,18-26H2,1-3H3,(H,37,41,42). The number of benzene rings is 1. The number of ether oxygens (including phenoxy) is 1.